The van der Waals surface area contributed by atoms with Crippen LogP contribution in [0.2, 0.25) is 0 Å². The number of benzene rings is 1. The van der Waals surface area contributed by atoms with Crippen LogP contribution in [0.25, 0.3) is 5.69 Å². The highest BCUT2D eigenvalue weighted by Crippen LogP contribution is 2.16. The van der Waals surface area contributed by atoms with Crippen molar-refractivity contribution in [3.63, 3.8) is 0 Å². The van der Waals surface area contributed by atoms with Gasteiger partial charge in [-0.2, -0.15) is 8.42 Å². The lowest BCUT2D eigenvalue weighted by Crippen LogP contribution is -2.21. The van der Waals surface area contributed by atoms with Crippen LogP contribution in [0.15, 0.2) is 35.4 Å². The number of hydrogen-bond donors (Lipinski definition) is 1. The summed E-state index contributed by atoms with van der Waals surface area (Å²) in [4.78, 5) is -0.358. The van der Waals surface area contributed by atoms with Crippen LogP contribution in [0.3, 0.4) is 0 Å². The second-order valence-electron chi connectivity index (χ2n) is 5.42. The molecule has 1 aromatic heterocycles. The third-order valence-electron chi connectivity index (χ3n) is 3.83. The van der Waals surface area contributed by atoms with Crippen LogP contribution in [0.1, 0.15) is 25.0 Å². The minimum Gasteiger partial charge on any atom is -0.314 e. The monoisotopic (exact) mass is 324 g/mol. The Kier molecular flexibility index (Phi) is 4.21. The summed E-state index contributed by atoms with van der Waals surface area (Å²) in [6, 6.07) is 6.00. The fourth-order valence-corrected chi connectivity index (χ4v) is 3.09. The van der Waals surface area contributed by atoms with Gasteiger partial charge in [-0.3, -0.25) is 0 Å². The Morgan fingerprint density at radius 2 is 2.09 bits per heavy atom. The fraction of sp³-hybridized carbons (Fsp3) is 0.429. The molecule has 1 aromatic carbocycles. The molecule has 0 bridgehead atoms. The van der Waals surface area contributed by atoms with Crippen LogP contribution in [0.4, 0.5) is 3.89 Å². The smallest absolute Gasteiger partial charge is 0.314 e. The van der Waals surface area contributed by atoms with Crippen LogP contribution in [-0.4, -0.2) is 36.0 Å². The first-order chi connectivity index (χ1) is 10.5. The molecule has 1 unspecified atom stereocenters. The van der Waals surface area contributed by atoms with E-state index in [-0.39, 0.29) is 4.90 Å². The normalized spacial score (nSPS) is 18.7. The number of nitrogens with one attached hydrogen (secondary N) is 1. The second kappa shape index (κ2) is 6.13. The van der Waals surface area contributed by atoms with Gasteiger partial charge in [0.2, 0.25) is 0 Å². The highest BCUT2D eigenvalue weighted by atomic mass is 32.3. The van der Waals surface area contributed by atoms with Gasteiger partial charge in [0.25, 0.3) is 0 Å². The zero-order chi connectivity index (χ0) is 15.6. The van der Waals surface area contributed by atoms with Gasteiger partial charge in [-0.25, -0.2) is 4.68 Å². The van der Waals surface area contributed by atoms with Gasteiger partial charge in [-0.1, -0.05) is 5.21 Å². The van der Waals surface area contributed by atoms with Gasteiger partial charge >= 0.3 is 10.2 Å². The Morgan fingerprint density at radius 1 is 1.32 bits per heavy atom. The molecule has 1 atom stereocenters. The Hall–Kier alpha value is -1.80. The van der Waals surface area contributed by atoms with E-state index in [1.54, 1.807) is 4.68 Å². The van der Waals surface area contributed by atoms with Crippen molar-refractivity contribution in [1.29, 1.82) is 0 Å². The predicted molar refractivity (Wildman–Crippen MR) is 79.0 cm³/mol. The zero-order valence-electron chi connectivity index (χ0n) is 11.9. The lowest BCUT2D eigenvalue weighted by Gasteiger charge is -2.07. The van der Waals surface area contributed by atoms with Gasteiger partial charge in [0.15, 0.2) is 0 Å². The minimum absolute atomic E-state index is 0.358. The summed E-state index contributed by atoms with van der Waals surface area (Å²) >= 11 is 0. The summed E-state index contributed by atoms with van der Waals surface area (Å²) in [6.45, 7) is 1.08. The van der Waals surface area contributed by atoms with Crippen LogP contribution in [-0.2, 0) is 16.6 Å². The van der Waals surface area contributed by atoms with Crippen molar-refractivity contribution in [2.45, 2.75) is 36.6 Å². The lowest BCUT2D eigenvalue weighted by atomic mass is 10.1. The third-order valence-corrected chi connectivity index (χ3v) is 4.67. The summed E-state index contributed by atoms with van der Waals surface area (Å²) < 4.78 is 36.0. The number of nitrogens with zero attached hydrogens (tertiary/aromatic N) is 3. The second-order valence-corrected chi connectivity index (χ2v) is 6.77. The molecule has 2 aromatic rings. The van der Waals surface area contributed by atoms with Gasteiger partial charge in [0.1, 0.15) is 0 Å². The standard InChI is InChI=1S/C14H17FN4O2S/c15-22(20,21)14-7-5-13(6-8-14)19-10-12(17-18-19)4-3-11-2-1-9-16-11/h5-8,10-11,16H,1-4,9H2. The molecule has 22 heavy (non-hydrogen) atoms. The molecule has 6 nitrogen and oxygen atoms in total. The van der Waals surface area contributed by atoms with Crippen LogP contribution < -0.4 is 5.32 Å². The molecule has 1 saturated heterocycles. The van der Waals surface area contributed by atoms with E-state index in [0.29, 0.717) is 11.7 Å². The average Bonchev–Trinajstić information content (AvgIpc) is 3.16. The van der Waals surface area contributed by atoms with Crippen molar-refractivity contribution in [2.75, 3.05) is 6.54 Å². The molecule has 1 N–H and O–H groups in total. The average molecular weight is 324 g/mol. The van der Waals surface area contributed by atoms with Crippen LogP contribution in [0, 0.1) is 0 Å². The van der Waals surface area contributed by atoms with Crippen molar-refractivity contribution < 1.29 is 12.3 Å². The molecule has 0 radical (unpaired) electrons. The van der Waals surface area contributed by atoms with Gasteiger partial charge < -0.3 is 5.32 Å². The first kappa shape index (κ1) is 15.1. The third kappa shape index (κ3) is 3.50. The molecular formula is C14H17FN4O2S. The maximum Gasteiger partial charge on any atom is 0.332 e. The molecule has 8 heteroatoms. The van der Waals surface area contributed by atoms with E-state index >= 15 is 0 Å². The zero-order valence-corrected chi connectivity index (χ0v) is 12.8. The lowest BCUT2D eigenvalue weighted by molar-refractivity contribution is 0.552. The van der Waals surface area contributed by atoms with Crippen molar-refractivity contribution in [3.05, 3.63) is 36.2 Å². The molecule has 118 valence electrons. The Morgan fingerprint density at radius 3 is 2.73 bits per heavy atom. The summed E-state index contributed by atoms with van der Waals surface area (Å²) in [5, 5.41) is 11.6. The Labute approximate surface area is 128 Å². The maximum atomic E-state index is 12.8. The quantitative estimate of drug-likeness (QED) is 0.846. The van der Waals surface area contributed by atoms with Crippen molar-refractivity contribution in [1.82, 2.24) is 20.3 Å². The van der Waals surface area contributed by atoms with E-state index < -0.39 is 10.2 Å². The highest BCUT2D eigenvalue weighted by Gasteiger charge is 2.15. The largest absolute Gasteiger partial charge is 0.332 e. The molecule has 0 saturated carbocycles. The molecule has 1 aliphatic heterocycles. The number of rotatable bonds is 5. The van der Waals surface area contributed by atoms with Gasteiger partial charge in [0.05, 0.1) is 22.5 Å². The topological polar surface area (TPSA) is 76.9 Å². The van der Waals surface area contributed by atoms with Gasteiger partial charge in [-0.15, -0.1) is 8.98 Å². The van der Waals surface area contributed by atoms with Crippen molar-refractivity contribution in [3.8, 4) is 5.69 Å². The van der Waals surface area contributed by atoms with E-state index in [2.05, 4.69) is 15.6 Å². The highest BCUT2D eigenvalue weighted by molar-refractivity contribution is 7.86. The summed E-state index contributed by atoms with van der Waals surface area (Å²) in [6.07, 6.45) is 6.11. The first-order valence-electron chi connectivity index (χ1n) is 7.22. The number of aryl methyl sites for hydroxylation is 1. The molecule has 3 rings (SSSR count). The van der Waals surface area contributed by atoms with Gasteiger partial charge in [-0.05, 0) is 56.5 Å². The summed E-state index contributed by atoms with van der Waals surface area (Å²) in [7, 11) is -4.67. The Balaban J connectivity index is 1.67. The molecule has 1 aliphatic rings. The van der Waals surface area contributed by atoms with E-state index in [9.17, 15) is 12.3 Å². The van der Waals surface area contributed by atoms with E-state index in [4.69, 9.17) is 0 Å². The van der Waals surface area contributed by atoms with E-state index in [1.807, 2.05) is 6.20 Å². The number of hydrogen-bond acceptors (Lipinski definition) is 5. The van der Waals surface area contributed by atoms with E-state index in [1.165, 1.54) is 37.1 Å². The minimum atomic E-state index is -4.67. The molecule has 2 heterocycles. The fourth-order valence-electron chi connectivity index (χ4n) is 2.63. The Bertz CT molecular complexity index is 736. The molecule has 1 fully saturated rings. The maximum absolute atomic E-state index is 12.8. The van der Waals surface area contributed by atoms with Crippen molar-refractivity contribution in [2.24, 2.45) is 0 Å². The molecule has 0 aliphatic carbocycles. The SMILES string of the molecule is O=S(=O)(F)c1ccc(-n2cc(CCC3CCCN3)nn2)cc1. The molecular weight excluding hydrogens is 307 g/mol. The van der Waals surface area contributed by atoms with E-state index in [0.717, 1.165) is 25.1 Å². The van der Waals surface area contributed by atoms with Crippen LogP contribution >= 0.6 is 0 Å². The van der Waals surface area contributed by atoms with Gasteiger partial charge in [0, 0.05) is 6.04 Å². The molecule has 0 spiro atoms. The summed E-state index contributed by atoms with van der Waals surface area (Å²) in [5.41, 5.74) is 1.53. The summed E-state index contributed by atoms with van der Waals surface area (Å²) in [5.74, 6) is 0. The van der Waals surface area contributed by atoms with Crippen molar-refractivity contribution >= 4 is 10.2 Å². The van der Waals surface area contributed by atoms with Crippen LogP contribution in [0.5, 0.6) is 0 Å². The number of aromatic nitrogens is 3. The predicted octanol–water partition coefficient (Wildman–Crippen LogP) is 1.61. The number of halogens is 1. The first-order valence-corrected chi connectivity index (χ1v) is 8.60. The molecule has 0 amide bonds.